The number of carbonyl (C=O) groups is 1. The molecule has 1 N–H and O–H groups in total. The number of amides is 1. The lowest BCUT2D eigenvalue weighted by Gasteiger charge is -2.35. The predicted molar refractivity (Wildman–Crippen MR) is 90.7 cm³/mol. The molecule has 6 nitrogen and oxygen atoms in total. The van der Waals surface area contributed by atoms with Crippen LogP contribution in [-0.4, -0.2) is 38.8 Å². The quantitative estimate of drug-likeness (QED) is 0.933. The fourth-order valence-corrected chi connectivity index (χ4v) is 3.74. The average Bonchev–Trinajstić information content (AvgIpc) is 2.94. The van der Waals surface area contributed by atoms with E-state index < -0.39 is 0 Å². The number of hydrogen-bond acceptors (Lipinski definition) is 6. The molecule has 0 aliphatic carbocycles. The van der Waals surface area contributed by atoms with Gasteiger partial charge in [0, 0.05) is 30.9 Å². The van der Waals surface area contributed by atoms with Gasteiger partial charge in [-0.3, -0.25) is 4.79 Å². The van der Waals surface area contributed by atoms with Gasteiger partial charge in [0.25, 0.3) is 0 Å². The number of likely N-dealkylation sites (tertiary alicyclic amines) is 1. The zero-order valence-corrected chi connectivity index (χ0v) is 14.2. The van der Waals surface area contributed by atoms with Crippen LogP contribution < -0.4 is 5.32 Å². The molecule has 3 rings (SSSR count). The van der Waals surface area contributed by atoms with E-state index in [9.17, 15) is 4.79 Å². The Balaban J connectivity index is 1.59. The Morgan fingerprint density at radius 3 is 2.70 bits per heavy atom. The Kier molecular flexibility index (Phi) is 4.85. The van der Waals surface area contributed by atoms with Crippen molar-refractivity contribution in [2.45, 2.75) is 26.7 Å². The lowest BCUT2D eigenvalue weighted by Crippen LogP contribution is -2.43. The summed E-state index contributed by atoms with van der Waals surface area (Å²) in [6.45, 7) is 6.13. The van der Waals surface area contributed by atoms with E-state index >= 15 is 0 Å². The van der Waals surface area contributed by atoms with E-state index in [4.69, 9.17) is 0 Å². The highest BCUT2D eigenvalue weighted by molar-refractivity contribution is 7.13. The minimum absolute atomic E-state index is 0.163. The molecule has 1 fully saturated rings. The number of thiazole rings is 1. The van der Waals surface area contributed by atoms with Crippen molar-refractivity contribution in [1.82, 2.24) is 19.9 Å². The Bertz CT molecular complexity index is 650. The maximum Gasteiger partial charge on any atom is 0.228 e. The maximum absolute atomic E-state index is 12.5. The fourth-order valence-electron chi connectivity index (χ4n) is 3.04. The van der Waals surface area contributed by atoms with Gasteiger partial charge in [-0.25, -0.2) is 15.0 Å². The molecular weight excluding hydrogens is 310 g/mol. The van der Waals surface area contributed by atoms with Crippen molar-refractivity contribution in [1.29, 1.82) is 0 Å². The molecule has 2 atom stereocenters. The molecule has 1 aliphatic rings. The van der Waals surface area contributed by atoms with Gasteiger partial charge in [-0.2, -0.15) is 0 Å². The van der Waals surface area contributed by atoms with Gasteiger partial charge in [-0.1, -0.05) is 13.8 Å². The highest BCUT2D eigenvalue weighted by Gasteiger charge is 2.25. The molecule has 1 amide bonds. The molecule has 3 heterocycles. The molecule has 1 aliphatic heterocycles. The summed E-state index contributed by atoms with van der Waals surface area (Å²) in [4.78, 5) is 27.1. The first-order chi connectivity index (χ1) is 11.1. The minimum atomic E-state index is 0.163. The Labute approximate surface area is 140 Å². The number of nitrogens with one attached hydrogen (secondary N) is 1. The van der Waals surface area contributed by atoms with E-state index in [0.29, 0.717) is 29.3 Å². The van der Waals surface area contributed by atoms with Gasteiger partial charge in [-0.05, 0) is 24.3 Å². The normalized spacial score (nSPS) is 21.2. The summed E-state index contributed by atoms with van der Waals surface area (Å²) in [5.41, 5.74) is 0.796. The van der Waals surface area contributed by atoms with Crippen LogP contribution in [0.15, 0.2) is 23.8 Å². The summed E-state index contributed by atoms with van der Waals surface area (Å²) in [6.07, 6.45) is 4.90. The number of aromatic nitrogens is 3. The second kappa shape index (κ2) is 7.04. The Morgan fingerprint density at radius 1 is 1.30 bits per heavy atom. The first kappa shape index (κ1) is 15.9. The van der Waals surface area contributed by atoms with Crippen LogP contribution >= 0.6 is 11.3 Å². The van der Waals surface area contributed by atoms with Crippen molar-refractivity contribution >= 4 is 28.3 Å². The van der Waals surface area contributed by atoms with Gasteiger partial charge < -0.3 is 10.2 Å². The molecule has 0 bridgehead atoms. The molecular formula is C16H21N5OS. The average molecular weight is 331 g/mol. The number of rotatable bonds is 4. The Hall–Kier alpha value is -2.02. The van der Waals surface area contributed by atoms with Gasteiger partial charge in [-0.15, -0.1) is 11.3 Å². The van der Waals surface area contributed by atoms with Crippen molar-refractivity contribution in [3.8, 4) is 0 Å². The van der Waals surface area contributed by atoms with E-state index in [2.05, 4.69) is 34.1 Å². The van der Waals surface area contributed by atoms with E-state index in [1.54, 1.807) is 18.5 Å². The minimum Gasteiger partial charge on any atom is -0.342 e. The molecule has 2 aromatic heterocycles. The van der Waals surface area contributed by atoms with Crippen LogP contribution in [0.1, 0.15) is 26.0 Å². The number of nitrogens with zero attached hydrogens (tertiary/aromatic N) is 4. The number of carbonyl (C=O) groups excluding carboxylic acids is 1. The van der Waals surface area contributed by atoms with E-state index in [-0.39, 0.29) is 5.91 Å². The third kappa shape index (κ3) is 4.25. The smallest absolute Gasteiger partial charge is 0.228 e. The van der Waals surface area contributed by atoms with Crippen LogP contribution in [0, 0.1) is 11.8 Å². The molecule has 122 valence electrons. The van der Waals surface area contributed by atoms with Gasteiger partial charge in [0.1, 0.15) is 0 Å². The largest absolute Gasteiger partial charge is 0.342 e. The standard InChI is InChI=1S/C16H21N5OS/c1-11-6-12(2)9-21(8-11)14(22)7-13-10-23-16(19-13)20-15-17-4-3-5-18-15/h3-5,10-12H,6-9H2,1-2H3,(H,17,18,19,20). The Morgan fingerprint density at radius 2 is 2.00 bits per heavy atom. The predicted octanol–water partition coefficient (Wildman–Crippen LogP) is 2.72. The fraction of sp³-hybridized carbons (Fsp3) is 0.500. The van der Waals surface area contributed by atoms with Crippen molar-refractivity contribution in [3.05, 3.63) is 29.5 Å². The van der Waals surface area contributed by atoms with Crippen LogP contribution in [0.4, 0.5) is 11.1 Å². The van der Waals surface area contributed by atoms with Crippen molar-refractivity contribution in [2.75, 3.05) is 18.4 Å². The van der Waals surface area contributed by atoms with Gasteiger partial charge >= 0.3 is 0 Å². The van der Waals surface area contributed by atoms with Crippen LogP contribution in [0.3, 0.4) is 0 Å². The summed E-state index contributed by atoms with van der Waals surface area (Å²) in [6, 6.07) is 1.76. The van der Waals surface area contributed by atoms with Crippen molar-refractivity contribution < 1.29 is 4.79 Å². The zero-order valence-electron chi connectivity index (χ0n) is 13.4. The summed E-state index contributed by atoms with van der Waals surface area (Å²) in [7, 11) is 0. The highest BCUT2D eigenvalue weighted by Crippen LogP contribution is 2.23. The summed E-state index contributed by atoms with van der Waals surface area (Å²) in [5.74, 6) is 1.82. The van der Waals surface area contributed by atoms with Crippen molar-refractivity contribution in [2.24, 2.45) is 11.8 Å². The van der Waals surface area contributed by atoms with E-state index in [1.807, 2.05) is 10.3 Å². The van der Waals surface area contributed by atoms with E-state index in [1.165, 1.54) is 17.8 Å². The zero-order chi connectivity index (χ0) is 16.2. The lowest BCUT2D eigenvalue weighted by atomic mass is 9.92. The molecule has 0 aromatic carbocycles. The number of anilines is 2. The molecule has 0 radical (unpaired) electrons. The molecule has 7 heteroatoms. The van der Waals surface area contributed by atoms with Crippen LogP contribution in [0.2, 0.25) is 0 Å². The maximum atomic E-state index is 12.5. The van der Waals surface area contributed by atoms with Gasteiger partial charge in [0.2, 0.25) is 11.9 Å². The molecule has 1 saturated heterocycles. The third-order valence-corrected chi connectivity index (χ3v) is 4.70. The van der Waals surface area contributed by atoms with Crippen LogP contribution in [0.5, 0.6) is 0 Å². The number of piperidine rings is 1. The molecule has 23 heavy (non-hydrogen) atoms. The van der Waals surface area contributed by atoms with Crippen LogP contribution in [0.25, 0.3) is 0 Å². The monoisotopic (exact) mass is 331 g/mol. The summed E-state index contributed by atoms with van der Waals surface area (Å²) in [5, 5.41) is 5.68. The topological polar surface area (TPSA) is 71.0 Å². The SMILES string of the molecule is CC1CC(C)CN(C(=O)Cc2csc(Nc3ncccn3)n2)C1. The van der Waals surface area contributed by atoms with Gasteiger partial charge in [0.05, 0.1) is 12.1 Å². The molecule has 2 aromatic rings. The summed E-state index contributed by atoms with van der Waals surface area (Å²) < 4.78 is 0. The van der Waals surface area contributed by atoms with Crippen molar-refractivity contribution in [3.63, 3.8) is 0 Å². The second-order valence-electron chi connectivity index (χ2n) is 6.26. The summed E-state index contributed by atoms with van der Waals surface area (Å²) >= 11 is 1.46. The van der Waals surface area contributed by atoms with Crippen LogP contribution in [-0.2, 0) is 11.2 Å². The first-order valence-electron chi connectivity index (χ1n) is 7.86. The molecule has 0 spiro atoms. The first-order valence-corrected chi connectivity index (χ1v) is 8.74. The van der Waals surface area contributed by atoms with Gasteiger partial charge in [0.15, 0.2) is 5.13 Å². The third-order valence-electron chi connectivity index (χ3n) is 3.89. The lowest BCUT2D eigenvalue weighted by molar-refractivity contribution is -0.133. The molecule has 2 unspecified atom stereocenters. The highest BCUT2D eigenvalue weighted by atomic mass is 32.1. The molecule has 0 saturated carbocycles. The second-order valence-corrected chi connectivity index (χ2v) is 7.12. The van der Waals surface area contributed by atoms with E-state index in [0.717, 1.165) is 18.8 Å². The number of hydrogen-bond donors (Lipinski definition) is 1.